The molecule has 0 atom stereocenters. The van der Waals surface area contributed by atoms with E-state index in [1.165, 1.54) is 17.7 Å². The van der Waals surface area contributed by atoms with Crippen LogP contribution in [-0.2, 0) is 13.1 Å². The number of fused-ring (bicyclic) bond motifs is 1. The van der Waals surface area contributed by atoms with Gasteiger partial charge in [-0.3, -0.25) is 4.90 Å². The molecule has 2 aromatic carbocycles. The normalized spacial score (nSPS) is 15.3. The first-order chi connectivity index (χ1) is 9.72. The lowest BCUT2D eigenvalue weighted by Gasteiger charge is -2.20. The Morgan fingerprint density at radius 3 is 2.90 bits per heavy atom. The van der Waals surface area contributed by atoms with Crippen LogP contribution in [0.1, 0.15) is 11.1 Å². The Bertz CT molecular complexity index is 617. The summed E-state index contributed by atoms with van der Waals surface area (Å²) in [7, 11) is 0. The Balaban J connectivity index is 1.78. The van der Waals surface area contributed by atoms with Crippen LogP contribution in [-0.4, -0.2) is 18.1 Å². The molecule has 1 heterocycles. The molecule has 0 spiro atoms. The summed E-state index contributed by atoms with van der Waals surface area (Å²) in [5.74, 6) is 0.642. The fraction of sp³-hybridized carbons (Fsp3) is 0.250. The molecule has 3 rings (SSSR count). The monoisotopic (exact) mass is 291 g/mol. The van der Waals surface area contributed by atoms with Gasteiger partial charge < -0.3 is 4.74 Å². The van der Waals surface area contributed by atoms with Crippen molar-refractivity contribution < 1.29 is 9.13 Å². The molecule has 4 heteroatoms. The summed E-state index contributed by atoms with van der Waals surface area (Å²) in [5.41, 5.74) is 2.11. The average molecular weight is 292 g/mol. The van der Waals surface area contributed by atoms with Gasteiger partial charge in [-0.2, -0.15) is 0 Å². The van der Waals surface area contributed by atoms with Crippen LogP contribution in [0.3, 0.4) is 0 Å². The lowest BCUT2D eigenvalue weighted by Crippen LogP contribution is -2.25. The van der Waals surface area contributed by atoms with Crippen molar-refractivity contribution in [2.75, 3.05) is 13.2 Å². The second kappa shape index (κ2) is 5.81. The van der Waals surface area contributed by atoms with E-state index in [-0.39, 0.29) is 5.82 Å². The molecular formula is C16H15ClFNO. The van der Waals surface area contributed by atoms with E-state index in [4.69, 9.17) is 16.3 Å². The first kappa shape index (κ1) is 13.4. The van der Waals surface area contributed by atoms with Crippen molar-refractivity contribution >= 4 is 11.6 Å². The highest BCUT2D eigenvalue weighted by Gasteiger charge is 2.16. The first-order valence-corrected chi connectivity index (χ1v) is 6.97. The zero-order valence-corrected chi connectivity index (χ0v) is 11.7. The zero-order valence-electron chi connectivity index (χ0n) is 11.0. The highest BCUT2D eigenvalue weighted by Crippen LogP contribution is 2.25. The van der Waals surface area contributed by atoms with Gasteiger partial charge >= 0.3 is 0 Å². The molecule has 0 amide bonds. The molecule has 0 aliphatic carbocycles. The molecule has 0 radical (unpaired) electrons. The predicted molar refractivity (Wildman–Crippen MR) is 77.5 cm³/mol. The number of rotatable bonds is 2. The molecule has 0 N–H and O–H groups in total. The second-order valence-corrected chi connectivity index (χ2v) is 5.31. The standard InChI is InChI=1S/C16H15ClFNO/c17-15-9-14(18)6-5-12(15)10-19-7-8-20-16-4-2-1-3-13(16)11-19/h1-6,9H,7-8,10-11H2. The van der Waals surface area contributed by atoms with E-state index in [0.29, 0.717) is 18.2 Å². The van der Waals surface area contributed by atoms with Gasteiger partial charge in [-0.25, -0.2) is 4.39 Å². The van der Waals surface area contributed by atoms with Gasteiger partial charge in [-0.05, 0) is 23.8 Å². The van der Waals surface area contributed by atoms with Crippen LogP contribution >= 0.6 is 11.6 Å². The van der Waals surface area contributed by atoms with E-state index in [2.05, 4.69) is 11.0 Å². The second-order valence-electron chi connectivity index (χ2n) is 4.90. The third-order valence-electron chi connectivity index (χ3n) is 3.44. The van der Waals surface area contributed by atoms with E-state index < -0.39 is 0 Å². The molecule has 0 saturated heterocycles. The average Bonchev–Trinajstić information content (AvgIpc) is 2.63. The van der Waals surface area contributed by atoms with Gasteiger partial charge in [0.1, 0.15) is 18.2 Å². The number of benzene rings is 2. The molecule has 104 valence electrons. The lowest BCUT2D eigenvalue weighted by atomic mass is 10.1. The number of para-hydroxylation sites is 1. The fourth-order valence-electron chi connectivity index (χ4n) is 2.41. The zero-order chi connectivity index (χ0) is 13.9. The van der Waals surface area contributed by atoms with Gasteiger partial charge in [0.2, 0.25) is 0 Å². The van der Waals surface area contributed by atoms with Gasteiger partial charge in [0.05, 0.1) is 0 Å². The van der Waals surface area contributed by atoms with Gasteiger partial charge in [0.25, 0.3) is 0 Å². The van der Waals surface area contributed by atoms with Crippen LogP contribution < -0.4 is 4.74 Å². The van der Waals surface area contributed by atoms with Crippen molar-refractivity contribution in [1.82, 2.24) is 4.90 Å². The number of hydrogen-bond acceptors (Lipinski definition) is 2. The van der Waals surface area contributed by atoms with Crippen LogP contribution in [0.5, 0.6) is 5.75 Å². The minimum atomic E-state index is -0.303. The number of hydrogen-bond donors (Lipinski definition) is 0. The van der Waals surface area contributed by atoms with Gasteiger partial charge in [-0.15, -0.1) is 0 Å². The van der Waals surface area contributed by atoms with Crippen molar-refractivity contribution in [1.29, 1.82) is 0 Å². The van der Waals surface area contributed by atoms with E-state index in [0.717, 1.165) is 24.4 Å². The van der Waals surface area contributed by atoms with Crippen LogP contribution in [0, 0.1) is 5.82 Å². The van der Waals surface area contributed by atoms with Gasteiger partial charge in [0.15, 0.2) is 0 Å². The molecule has 20 heavy (non-hydrogen) atoms. The molecular weight excluding hydrogens is 277 g/mol. The fourth-order valence-corrected chi connectivity index (χ4v) is 2.63. The summed E-state index contributed by atoms with van der Waals surface area (Å²) in [4.78, 5) is 2.25. The summed E-state index contributed by atoms with van der Waals surface area (Å²) < 4.78 is 18.8. The Morgan fingerprint density at radius 1 is 1.20 bits per heavy atom. The molecule has 1 aliphatic rings. The summed E-state index contributed by atoms with van der Waals surface area (Å²) in [5, 5.41) is 0.475. The minimum absolute atomic E-state index is 0.303. The maximum absolute atomic E-state index is 13.1. The highest BCUT2D eigenvalue weighted by molar-refractivity contribution is 6.31. The van der Waals surface area contributed by atoms with E-state index in [1.54, 1.807) is 6.07 Å². The Hall–Kier alpha value is -1.58. The van der Waals surface area contributed by atoms with Gasteiger partial charge in [0, 0.05) is 30.2 Å². The van der Waals surface area contributed by atoms with Crippen molar-refractivity contribution in [2.45, 2.75) is 13.1 Å². The molecule has 2 aromatic rings. The molecule has 1 aliphatic heterocycles. The molecule has 2 nitrogen and oxygen atoms in total. The summed E-state index contributed by atoms with van der Waals surface area (Å²) in [6.45, 7) is 2.97. The quantitative estimate of drug-likeness (QED) is 0.833. The third-order valence-corrected chi connectivity index (χ3v) is 3.79. The Morgan fingerprint density at radius 2 is 2.05 bits per heavy atom. The molecule has 0 saturated carbocycles. The molecule has 0 fully saturated rings. The maximum Gasteiger partial charge on any atom is 0.124 e. The third kappa shape index (κ3) is 2.94. The molecule has 0 unspecified atom stereocenters. The van der Waals surface area contributed by atoms with Crippen LogP contribution in [0.25, 0.3) is 0 Å². The summed E-state index contributed by atoms with van der Waals surface area (Å²) in [6, 6.07) is 12.6. The smallest absolute Gasteiger partial charge is 0.124 e. The van der Waals surface area contributed by atoms with Crippen LogP contribution in [0.4, 0.5) is 4.39 Å². The number of ether oxygens (including phenoxy) is 1. The first-order valence-electron chi connectivity index (χ1n) is 6.59. The Kier molecular flexibility index (Phi) is 3.90. The van der Waals surface area contributed by atoms with E-state index in [1.807, 2.05) is 18.2 Å². The minimum Gasteiger partial charge on any atom is -0.492 e. The van der Waals surface area contributed by atoms with E-state index >= 15 is 0 Å². The van der Waals surface area contributed by atoms with Gasteiger partial charge in [-0.1, -0.05) is 35.9 Å². The number of halogens is 2. The molecule has 0 bridgehead atoms. The summed E-state index contributed by atoms with van der Waals surface area (Å²) >= 11 is 6.09. The van der Waals surface area contributed by atoms with Crippen molar-refractivity contribution in [3.05, 3.63) is 64.4 Å². The van der Waals surface area contributed by atoms with Crippen molar-refractivity contribution in [2.24, 2.45) is 0 Å². The number of nitrogens with zero attached hydrogens (tertiary/aromatic N) is 1. The lowest BCUT2D eigenvalue weighted by molar-refractivity contribution is 0.219. The summed E-state index contributed by atoms with van der Waals surface area (Å²) in [6.07, 6.45) is 0. The SMILES string of the molecule is Fc1ccc(CN2CCOc3ccccc3C2)c(Cl)c1. The van der Waals surface area contributed by atoms with Crippen molar-refractivity contribution in [3.63, 3.8) is 0 Å². The predicted octanol–water partition coefficient (Wildman–Crippen LogP) is 3.87. The molecule has 0 aromatic heterocycles. The van der Waals surface area contributed by atoms with Crippen LogP contribution in [0.15, 0.2) is 42.5 Å². The largest absolute Gasteiger partial charge is 0.492 e. The van der Waals surface area contributed by atoms with Crippen molar-refractivity contribution in [3.8, 4) is 5.75 Å². The topological polar surface area (TPSA) is 12.5 Å². The van der Waals surface area contributed by atoms with Crippen LogP contribution in [0.2, 0.25) is 5.02 Å². The maximum atomic E-state index is 13.1. The Labute approximate surface area is 122 Å². The van der Waals surface area contributed by atoms with E-state index in [9.17, 15) is 4.39 Å². The highest BCUT2D eigenvalue weighted by atomic mass is 35.5.